The molecule has 3 aromatic carbocycles. The lowest BCUT2D eigenvalue weighted by atomic mass is 10.0. The summed E-state index contributed by atoms with van der Waals surface area (Å²) in [4.78, 5) is 28.5. The summed E-state index contributed by atoms with van der Waals surface area (Å²) in [5.41, 5.74) is 6.38. The second-order valence-electron chi connectivity index (χ2n) is 10.8. The van der Waals surface area contributed by atoms with Gasteiger partial charge in [0.2, 0.25) is 5.91 Å². The average Bonchev–Trinajstić information content (AvgIpc) is 3.35. The van der Waals surface area contributed by atoms with E-state index in [1.807, 2.05) is 66.3 Å². The van der Waals surface area contributed by atoms with E-state index in [9.17, 15) is 9.59 Å². The number of likely N-dealkylation sites (N-methyl/N-ethyl adjacent to an activating group) is 1. The maximum Gasteiger partial charge on any atom is 0.256 e. The van der Waals surface area contributed by atoms with Crippen molar-refractivity contribution in [2.45, 2.75) is 46.7 Å². The van der Waals surface area contributed by atoms with Crippen LogP contribution in [-0.4, -0.2) is 48.5 Å². The van der Waals surface area contributed by atoms with Gasteiger partial charge < -0.3 is 10.2 Å². The number of carbonyl (C=O) groups excluding carboxylic acids is 2. The lowest BCUT2D eigenvalue weighted by molar-refractivity contribution is -0.145. The number of fused-ring (bicyclic) bond motifs is 1. The van der Waals surface area contributed by atoms with Crippen molar-refractivity contribution in [1.82, 2.24) is 15.3 Å². The van der Waals surface area contributed by atoms with Gasteiger partial charge in [0.05, 0.1) is 13.1 Å². The summed E-state index contributed by atoms with van der Waals surface area (Å²) in [6, 6.07) is 22.1. The summed E-state index contributed by atoms with van der Waals surface area (Å²) in [5.74, 6) is 0.451. The third-order valence-corrected chi connectivity index (χ3v) is 7.53. The second-order valence-corrected chi connectivity index (χ2v) is 11.2. The fraction of sp³-hybridized carbons (Fsp3) is 0.375. The van der Waals surface area contributed by atoms with Gasteiger partial charge in [-0.1, -0.05) is 74.0 Å². The Balaban J connectivity index is 1.53. The van der Waals surface area contributed by atoms with Crippen molar-refractivity contribution in [3.63, 3.8) is 0 Å². The molecule has 1 aliphatic heterocycles. The van der Waals surface area contributed by atoms with E-state index < -0.39 is 0 Å². The van der Waals surface area contributed by atoms with Crippen LogP contribution >= 0.6 is 11.6 Å². The Morgan fingerprint density at radius 1 is 0.949 bits per heavy atom. The van der Waals surface area contributed by atoms with Crippen molar-refractivity contribution >= 4 is 29.1 Å². The molecule has 3 aromatic rings. The quantitative estimate of drug-likeness (QED) is 0.297. The Kier molecular flexibility index (Phi) is 9.65. The molecule has 0 unspecified atom stereocenters. The highest BCUT2D eigenvalue weighted by atomic mass is 35.5. The third kappa shape index (κ3) is 7.61. The molecule has 7 heteroatoms. The minimum atomic E-state index is -0.0842. The molecule has 0 atom stereocenters. The van der Waals surface area contributed by atoms with Crippen molar-refractivity contribution in [3.05, 3.63) is 88.4 Å². The van der Waals surface area contributed by atoms with Gasteiger partial charge in [0.1, 0.15) is 0 Å². The molecule has 206 valence electrons. The van der Waals surface area contributed by atoms with Gasteiger partial charge in [-0.15, -0.1) is 0 Å². The zero-order valence-electron chi connectivity index (χ0n) is 23.4. The molecule has 1 N–H and O–H groups in total. The van der Waals surface area contributed by atoms with Gasteiger partial charge in [0.25, 0.3) is 5.91 Å². The fourth-order valence-electron chi connectivity index (χ4n) is 4.92. The van der Waals surface area contributed by atoms with E-state index in [0.717, 1.165) is 35.2 Å². The van der Waals surface area contributed by atoms with Crippen molar-refractivity contribution < 1.29 is 9.59 Å². The molecule has 0 aromatic heterocycles. The van der Waals surface area contributed by atoms with Gasteiger partial charge in [-0.25, -0.2) is 5.01 Å². The smallest absolute Gasteiger partial charge is 0.256 e. The van der Waals surface area contributed by atoms with E-state index in [1.54, 1.807) is 5.01 Å². The number of aryl methyl sites for hydroxylation is 1. The first-order valence-corrected chi connectivity index (χ1v) is 14.1. The number of hydrogen-bond acceptors (Lipinski definition) is 4. The third-order valence-electron chi connectivity index (χ3n) is 7.28. The normalized spacial score (nSPS) is 12.9. The fourth-order valence-corrected chi connectivity index (χ4v) is 5.04. The molecule has 0 spiro atoms. The van der Waals surface area contributed by atoms with Crippen LogP contribution in [0.5, 0.6) is 0 Å². The predicted octanol–water partition coefficient (Wildman–Crippen LogP) is 6.06. The maximum atomic E-state index is 13.6. The van der Waals surface area contributed by atoms with Gasteiger partial charge in [-0.2, -0.15) is 0 Å². The Morgan fingerprint density at radius 3 is 2.23 bits per heavy atom. The number of hydrogen-bond donors (Lipinski definition) is 1. The summed E-state index contributed by atoms with van der Waals surface area (Å²) in [7, 11) is 1.81. The molecule has 0 aliphatic carbocycles. The summed E-state index contributed by atoms with van der Waals surface area (Å²) in [6.45, 7) is 8.59. The number of anilines is 1. The van der Waals surface area contributed by atoms with E-state index >= 15 is 0 Å². The summed E-state index contributed by atoms with van der Waals surface area (Å²) >= 11 is 6.10. The number of hydrazine groups is 1. The topological polar surface area (TPSA) is 55.9 Å². The van der Waals surface area contributed by atoms with Gasteiger partial charge in [-0.05, 0) is 71.7 Å². The zero-order valence-corrected chi connectivity index (χ0v) is 24.2. The highest BCUT2D eigenvalue weighted by molar-refractivity contribution is 6.30. The van der Waals surface area contributed by atoms with Crippen LogP contribution in [0.25, 0.3) is 11.1 Å². The zero-order chi connectivity index (χ0) is 27.9. The molecule has 1 heterocycles. The van der Waals surface area contributed by atoms with Crippen LogP contribution in [0.1, 0.15) is 43.4 Å². The highest BCUT2D eigenvalue weighted by Crippen LogP contribution is 2.29. The number of rotatable bonds is 11. The van der Waals surface area contributed by atoms with Crippen LogP contribution in [0.3, 0.4) is 0 Å². The van der Waals surface area contributed by atoms with E-state index in [0.29, 0.717) is 30.6 Å². The summed E-state index contributed by atoms with van der Waals surface area (Å²) in [5, 5.41) is 7.48. The number of nitrogens with one attached hydrogen (secondary N) is 1. The van der Waals surface area contributed by atoms with Crippen LogP contribution in [-0.2, 0) is 22.7 Å². The Hall–Kier alpha value is -3.35. The number of halogens is 1. The van der Waals surface area contributed by atoms with Crippen LogP contribution in [0.15, 0.2) is 66.7 Å². The Bertz CT molecular complexity index is 1270. The van der Waals surface area contributed by atoms with Gasteiger partial charge in [-0.3, -0.25) is 14.6 Å². The molecule has 0 radical (unpaired) electrons. The number of amides is 2. The standard InChI is InChI=1S/C32H39ClN4O2/c1-23(2)8-7-17-34-31(38)21-36(22-32(39)35(4)37-19-27-9-5-6-10-28(27)20-37)30-18-26(12-11-24(30)3)25-13-15-29(33)16-14-25/h5-6,9-16,18,23H,7-8,17,19-22H2,1-4H3,(H,34,38). The molecular weight excluding hydrogens is 508 g/mol. The van der Waals surface area contributed by atoms with E-state index in [-0.39, 0.29) is 24.9 Å². The minimum Gasteiger partial charge on any atom is -0.355 e. The van der Waals surface area contributed by atoms with Crippen LogP contribution < -0.4 is 10.2 Å². The summed E-state index contributed by atoms with van der Waals surface area (Å²) < 4.78 is 0. The van der Waals surface area contributed by atoms with E-state index in [2.05, 4.69) is 43.4 Å². The van der Waals surface area contributed by atoms with Crippen molar-refractivity contribution in [2.24, 2.45) is 5.92 Å². The van der Waals surface area contributed by atoms with Crippen molar-refractivity contribution in [2.75, 3.05) is 31.6 Å². The molecule has 0 saturated heterocycles. The van der Waals surface area contributed by atoms with Crippen LogP contribution in [0.4, 0.5) is 5.69 Å². The first-order chi connectivity index (χ1) is 18.7. The van der Waals surface area contributed by atoms with Crippen molar-refractivity contribution in [1.29, 1.82) is 0 Å². The van der Waals surface area contributed by atoms with E-state index in [1.165, 1.54) is 11.1 Å². The van der Waals surface area contributed by atoms with Crippen molar-refractivity contribution in [3.8, 4) is 11.1 Å². The highest BCUT2D eigenvalue weighted by Gasteiger charge is 2.27. The summed E-state index contributed by atoms with van der Waals surface area (Å²) in [6.07, 6.45) is 2.00. The molecule has 0 saturated carbocycles. The van der Waals surface area contributed by atoms with E-state index in [4.69, 9.17) is 11.6 Å². The number of benzene rings is 3. The molecule has 6 nitrogen and oxygen atoms in total. The first-order valence-electron chi connectivity index (χ1n) is 13.7. The largest absolute Gasteiger partial charge is 0.355 e. The predicted molar refractivity (Wildman–Crippen MR) is 159 cm³/mol. The average molecular weight is 547 g/mol. The Morgan fingerprint density at radius 2 is 1.59 bits per heavy atom. The molecule has 0 fully saturated rings. The van der Waals surface area contributed by atoms with Gasteiger partial charge in [0, 0.05) is 37.4 Å². The molecule has 39 heavy (non-hydrogen) atoms. The molecule has 1 aliphatic rings. The number of nitrogens with zero attached hydrogens (tertiary/aromatic N) is 3. The molecule has 4 rings (SSSR count). The monoisotopic (exact) mass is 546 g/mol. The number of carbonyl (C=O) groups is 2. The molecule has 0 bridgehead atoms. The van der Waals surface area contributed by atoms with Crippen LogP contribution in [0, 0.1) is 12.8 Å². The maximum absolute atomic E-state index is 13.6. The lowest BCUT2D eigenvalue weighted by Crippen LogP contribution is -2.48. The minimum absolute atomic E-state index is 0.0632. The Labute approximate surface area is 237 Å². The lowest BCUT2D eigenvalue weighted by Gasteiger charge is -2.32. The molecular formula is C32H39ClN4O2. The molecule has 2 amide bonds. The van der Waals surface area contributed by atoms with Gasteiger partial charge >= 0.3 is 0 Å². The first kappa shape index (κ1) is 28.7. The SMILES string of the molecule is Cc1ccc(-c2ccc(Cl)cc2)cc1N(CC(=O)NCCCC(C)C)CC(=O)N(C)N1Cc2ccccc2C1. The second kappa shape index (κ2) is 13.1. The van der Waals surface area contributed by atoms with Crippen LogP contribution in [0.2, 0.25) is 5.02 Å². The van der Waals surface area contributed by atoms with Gasteiger partial charge in [0.15, 0.2) is 0 Å².